The summed E-state index contributed by atoms with van der Waals surface area (Å²) in [7, 11) is 0. The van der Waals surface area contributed by atoms with Gasteiger partial charge in [0, 0.05) is 6.54 Å². The van der Waals surface area contributed by atoms with Gasteiger partial charge in [0.1, 0.15) is 0 Å². The second-order valence-electron chi connectivity index (χ2n) is 5.48. The van der Waals surface area contributed by atoms with Crippen LogP contribution in [0.15, 0.2) is 0 Å². The van der Waals surface area contributed by atoms with Gasteiger partial charge < -0.3 is 15.0 Å². The molecule has 0 saturated carbocycles. The lowest BCUT2D eigenvalue weighted by molar-refractivity contribution is -0.185. The van der Waals surface area contributed by atoms with Crippen LogP contribution in [0.5, 0.6) is 0 Å². The molecule has 0 aromatic rings. The largest absolute Gasteiger partial charge is 0.391 e. The molecule has 2 aliphatic heterocycles. The summed E-state index contributed by atoms with van der Waals surface area (Å²) in [6.07, 6.45) is -1.15. The molecule has 0 aliphatic carbocycles. The summed E-state index contributed by atoms with van der Waals surface area (Å²) in [5, 5.41) is 3.28. The molecular formula is C13H23F3N2O. The van der Waals surface area contributed by atoms with E-state index in [9.17, 15) is 13.2 Å². The summed E-state index contributed by atoms with van der Waals surface area (Å²) in [4.78, 5) is 2.09. The highest BCUT2D eigenvalue weighted by Crippen LogP contribution is 2.33. The number of likely N-dealkylation sites (tertiary alicyclic amines) is 1. The van der Waals surface area contributed by atoms with Gasteiger partial charge >= 0.3 is 6.18 Å². The highest BCUT2D eigenvalue weighted by Gasteiger charge is 2.40. The first kappa shape index (κ1) is 15.1. The second-order valence-corrected chi connectivity index (χ2v) is 5.48. The Balaban J connectivity index is 1.58. The van der Waals surface area contributed by atoms with Crippen LogP contribution in [0, 0.1) is 5.92 Å². The predicted molar refractivity (Wildman–Crippen MR) is 67.1 cm³/mol. The summed E-state index contributed by atoms with van der Waals surface area (Å²) < 4.78 is 43.3. The standard InChI is InChI=1S/C13H23F3N2O/c14-13(15,16)11-3-7-18(8-4-11)9-10-19-12-1-5-17-6-2-12/h11-12,17H,1-10H2. The molecule has 0 amide bonds. The van der Waals surface area contributed by atoms with E-state index in [1.165, 1.54) is 0 Å². The van der Waals surface area contributed by atoms with Gasteiger partial charge in [-0.2, -0.15) is 13.2 Å². The lowest BCUT2D eigenvalue weighted by Gasteiger charge is -2.33. The average molecular weight is 280 g/mol. The van der Waals surface area contributed by atoms with Crippen LogP contribution in [0.2, 0.25) is 0 Å². The number of hydrogen-bond acceptors (Lipinski definition) is 3. The Morgan fingerprint density at radius 3 is 2.26 bits per heavy atom. The Bertz CT molecular complexity index is 259. The SMILES string of the molecule is FC(F)(F)C1CCN(CCOC2CCNCC2)CC1. The molecule has 2 heterocycles. The fourth-order valence-corrected chi connectivity index (χ4v) is 2.79. The minimum Gasteiger partial charge on any atom is -0.377 e. The third-order valence-corrected chi connectivity index (χ3v) is 4.10. The first-order valence-electron chi connectivity index (χ1n) is 7.17. The minimum atomic E-state index is -4.02. The van der Waals surface area contributed by atoms with E-state index in [-0.39, 0.29) is 12.8 Å². The Hall–Kier alpha value is -0.330. The van der Waals surface area contributed by atoms with Crippen molar-refractivity contribution in [2.24, 2.45) is 5.92 Å². The second kappa shape index (κ2) is 6.90. The lowest BCUT2D eigenvalue weighted by Crippen LogP contribution is -2.41. The van der Waals surface area contributed by atoms with Crippen LogP contribution >= 0.6 is 0 Å². The van der Waals surface area contributed by atoms with Crippen molar-refractivity contribution < 1.29 is 17.9 Å². The molecule has 3 nitrogen and oxygen atoms in total. The van der Waals surface area contributed by atoms with Crippen molar-refractivity contribution in [1.29, 1.82) is 0 Å². The molecule has 0 aromatic carbocycles. The highest BCUT2D eigenvalue weighted by atomic mass is 19.4. The smallest absolute Gasteiger partial charge is 0.377 e. The molecular weight excluding hydrogens is 257 g/mol. The van der Waals surface area contributed by atoms with Gasteiger partial charge in [-0.3, -0.25) is 0 Å². The molecule has 19 heavy (non-hydrogen) atoms. The van der Waals surface area contributed by atoms with Crippen molar-refractivity contribution in [3.63, 3.8) is 0 Å². The van der Waals surface area contributed by atoms with Crippen LogP contribution < -0.4 is 5.32 Å². The van der Waals surface area contributed by atoms with Gasteiger partial charge in [-0.15, -0.1) is 0 Å². The molecule has 6 heteroatoms. The average Bonchev–Trinajstić information content (AvgIpc) is 2.39. The molecule has 1 N–H and O–H groups in total. The van der Waals surface area contributed by atoms with E-state index in [4.69, 9.17) is 4.74 Å². The van der Waals surface area contributed by atoms with E-state index in [1.807, 2.05) is 0 Å². The number of ether oxygens (including phenoxy) is 1. The fourth-order valence-electron chi connectivity index (χ4n) is 2.79. The van der Waals surface area contributed by atoms with Gasteiger partial charge in [0.25, 0.3) is 0 Å². The van der Waals surface area contributed by atoms with Crippen LogP contribution in [-0.4, -0.2) is 56.5 Å². The summed E-state index contributed by atoms with van der Waals surface area (Å²) in [5.41, 5.74) is 0. The molecule has 0 bridgehead atoms. The molecule has 0 atom stereocenters. The van der Waals surface area contributed by atoms with Crippen LogP contribution in [-0.2, 0) is 4.74 Å². The number of alkyl halides is 3. The van der Waals surface area contributed by atoms with E-state index in [1.54, 1.807) is 0 Å². The maximum Gasteiger partial charge on any atom is 0.391 e. The van der Waals surface area contributed by atoms with Crippen LogP contribution in [0.25, 0.3) is 0 Å². The van der Waals surface area contributed by atoms with Crippen molar-refractivity contribution in [1.82, 2.24) is 10.2 Å². The molecule has 0 spiro atoms. The zero-order valence-corrected chi connectivity index (χ0v) is 11.2. The maximum absolute atomic E-state index is 12.5. The Morgan fingerprint density at radius 2 is 1.68 bits per heavy atom. The molecule has 112 valence electrons. The number of hydrogen-bond donors (Lipinski definition) is 1. The summed E-state index contributed by atoms with van der Waals surface area (Å²) in [5.74, 6) is -1.10. The first-order chi connectivity index (χ1) is 9.05. The fraction of sp³-hybridized carbons (Fsp3) is 1.00. The van der Waals surface area contributed by atoms with Crippen molar-refractivity contribution in [2.75, 3.05) is 39.3 Å². The summed E-state index contributed by atoms with van der Waals surface area (Å²) in [6.45, 7) is 4.48. The molecule has 2 saturated heterocycles. The van der Waals surface area contributed by atoms with Gasteiger partial charge in [0.05, 0.1) is 18.6 Å². The van der Waals surface area contributed by atoms with Crippen molar-refractivity contribution >= 4 is 0 Å². The van der Waals surface area contributed by atoms with Crippen molar-refractivity contribution in [2.45, 2.75) is 38.0 Å². The first-order valence-corrected chi connectivity index (χ1v) is 7.17. The van der Waals surface area contributed by atoms with Crippen LogP contribution in [0.1, 0.15) is 25.7 Å². The Labute approximate surface area is 112 Å². The Morgan fingerprint density at radius 1 is 1.05 bits per heavy atom. The number of nitrogens with one attached hydrogen (secondary N) is 1. The quantitative estimate of drug-likeness (QED) is 0.853. The number of nitrogens with zero attached hydrogens (tertiary/aromatic N) is 1. The molecule has 2 fully saturated rings. The topological polar surface area (TPSA) is 24.5 Å². The van der Waals surface area contributed by atoms with Gasteiger partial charge in [-0.1, -0.05) is 0 Å². The monoisotopic (exact) mass is 280 g/mol. The van der Waals surface area contributed by atoms with Crippen molar-refractivity contribution in [3.05, 3.63) is 0 Å². The van der Waals surface area contributed by atoms with Crippen LogP contribution in [0.3, 0.4) is 0 Å². The summed E-state index contributed by atoms with van der Waals surface area (Å²) >= 11 is 0. The Kier molecular flexibility index (Phi) is 5.47. The van der Waals surface area contributed by atoms with Crippen LogP contribution in [0.4, 0.5) is 13.2 Å². The summed E-state index contributed by atoms with van der Waals surface area (Å²) in [6, 6.07) is 0. The molecule has 0 aromatic heterocycles. The highest BCUT2D eigenvalue weighted by molar-refractivity contribution is 4.77. The van der Waals surface area contributed by atoms with E-state index in [2.05, 4.69) is 10.2 Å². The van der Waals surface area contributed by atoms with E-state index in [0.29, 0.717) is 25.8 Å². The van der Waals surface area contributed by atoms with Gasteiger partial charge in [0.2, 0.25) is 0 Å². The lowest BCUT2D eigenvalue weighted by atomic mass is 9.96. The predicted octanol–water partition coefficient (Wildman–Crippen LogP) is 2.03. The number of halogens is 3. The zero-order valence-electron chi connectivity index (χ0n) is 11.2. The third-order valence-electron chi connectivity index (χ3n) is 4.10. The molecule has 2 aliphatic rings. The number of piperidine rings is 2. The van der Waals surface area contributed by atoms with Gasteiger partial charge in [-0.25, -0.2) is 0 Å². The van der Waals surface area contributed by atoms with E-state index >= 15 is 0 Å². The van der Waals surface area contributed by atoms with Gasteiger partial charge in [-0.05, 0) is 51.9 Å². The van der Waals surface area contributed by atoms with E-state index in [0.717, 1.165) is 32.5 Å². The molecule has 0 radical (unpaired) electrons. The minimum absolute atomic E-state index is 0.233. The molecule has 0 unspecified atom stereocenters. The zero-order chi connectivity index (χ0) is 13.7. The van der Waals surface area contributed by atoms with E-state index < -0.39 is 12.1 Å². The number of rotatable bonds is 4. The van der Waals surface area contributed by atoms with Gasteiger partial charge in [0.15, 0.2) is 0 Å². The molecule has 2 rings (SSSR count). The maximum atomic E-state index is 12.5. The normalized spacial score (nSPS) is 24.8. The third kappa shape index (κ3) is 4.93. The van der Waals surface area contributed by atoms with Crippen molar-refractivity contribution in [3.8, 4) is 0 Å².